The molecule has 5 atom stereocenters. The summed E-state index contributed by atoms with van der Waals surface area (Å²) >= 11 is 0. The van der Waals surface area contributed by atoms with E-state index >= 15 is 4.39 Å². The number of methoxy groups -OCH3 is 2. The molecule has 1 aliphatic heterocycles. The number of hydrogen-bond acceptors (Lipinski definition) is 12. The number of benzene rings is 4. The summed E-state index contributed by atoms with van der Waals surface area (Å²) < 4.78 is 60.2. The zero-order valence-corrected chi connectivity index (χ0v) is 37.9. The third kappa shape index (κ3) is 9.58. The van der Waals surface area contributed by atoms with Crippen LogP contribution < -0.4 is 14.8 Å². The van der Waals surface area contributed by atoms with Crippen LogP contribution in [-0.2, 0) is 24.1 Å². The fourth-order valence-electron chi connectivity index (χ4n) is 8.00. The Kier molecular flexibility index (Phi) is 14.9. The molecule has 336 valence electrons. The van der Waals surface area contributed by atoms with E-state index in [9.17, 15) is 10.1 Å². The molecule has 1 fully saturated rings. The van der Waals surface area contributed by atoms with Crippen LogP contribution in [0.25, 0.3) is 11.2 Å². The number of anilines is 1. The summed E-state index contributed by atoms with van der Waals surface area (Å²) in [6.45, 7) is 7.68. The van der Waals surface area contributed by atoms with Crippen LogP contribution in [0.5, 0.6) is 11.5 Å². The molecule has 1 aliphatic rings. The molecular formula is C49H51FN7O7P. The lowest BCUT2D eigenvalue weighted by atomic mass is 9.80. The Hall–Kier alpha value is -6.29. The van der Waals surface area contributed by atoms with Crippen molar-refractivity contribution in [3.63, 3.8) is 0 Å². The summed E-state index contributed by atoms with van der Waals surface area (Å²) in [4.78, 5) is 26.5. The first-order chi connectivity index (χ1) is 31.5. The number of carbonyl (C=O) groups is 1. The van der Waals surface area contributed by atoms with E-state index in [0.29, 0.717) is 17.1 Å². The molecule has 0 saturated carbocycles. The van der Waals surface area contributed by atoms with Crippen molar-refractivity contribution >= 4 is 31.4 Å². The second-order valence-corrected chi connectivity index (χ2v) is 17.1. The number of halogens is 1. The number of terminal acetylenes is 1. The molecule has 6 aromatic rings. The summed E-state index contributed by atoms with van der Waals surface area (Å²) in [5.74, 6) is 3.36. The second-order valence-electron chi connectivity index (χ2n) is 15.7. The van der Waals surface area contributed by atoms with Gasteiger partial charge < -0.3 is 33.3 Å². The van der Waals surface area contributed by atoms with E-state index in [1.54, 1.807) is 44.6 Å². The summed E-state index contributed by atoms with van der Waals surface area (Å²) in [7, 11) is 1.13. The molecule has 0 aliphatic carbocycles. The first kappa shape index (κ1) is 46.7. The number of hydrogen-bond donors (Lipinski definition) is 1. The third-order valence-electron chi connectivity index (χ3n) is 11.0. The zero-order chi connectivity index (χ0) is 46.1. The van der Waals surface area contributed by atoms with Crippen molar-refractivity contribution in [2.75, 3.05) is 32.8 Å². The second kappa shape index (κ2) is 20.7. The van der Waals surface area contributed by atoms with Crippen LogP contribution in [0.15, 0.2) is 122 Å². The Bertz CT molecular complexity index is 2550. The molecule has 2 aromatic heterocycles. The number of imidazole rings is 1. The van der Waals surface area contributed by atoms with Crippen LogP contribution in [0, 0.1) is 23.7 Å². The van der Waals surface area contributed by atoms with E-state index in [2.05, 4.69) is 32.3 Å². The molecule has 7 rings (SSSR count). The average Bonchev–Trinajstić information content (AvgIpc) is 3.88. The quantitative estimate of drug-likeness (QED) is 0.0357. The number of nitrogens with zero attached hydrogens (tertiary/aromatic N) is 6. The van der Waals surface area contributed by atoms with Crippen molar-refractivity contribution in [2.24, 2.45) is 0 Å². The van der Waals surface area contributed by atoms with Crippen molar-refractivity contribution < 1.29 is 37.2 Å². The predicted octanol–water partition coefficient (Wildman–Crippen LogP) is 9.00. The van der Waals surface area contributed by atoms with E-state index in [0.717, 1.165) is 16.7 Å². The van der Waals surface area contributed by atoms with Crippen LogP contribution in [0.1, 0.15) is 67.4 Å². The smallest absolute Gasteiger partial charge is 0.259 e. The molecule has 1 N–H and O–H groups in total. The Labute approximate surface area is 379 Å². The highest BCUT2D eigenvalue weighted by Crippen LogP contribution is 2.54. The Morgan fingerprint density at radius 2 is 1.49 bits per heavy atom. The predicted molar refractivity (Wildman–Crippen MR) is 245 cm³/mol. The molecule has 0 spiro atoms. The van der Waals surface area contributed by atoms with E-state index < -0.39 is 44.1 Å². The number of aromatic nitrogens is 4. The number of nitrogens with one attached hydrogen (secondary N) is 1. The maximum atomic E-state index is 18.6. The maximum Gasteiger partial charge on any atom is 0.259 e. The monoisotopic (exact) mass is 899 g/mol. The van der Waals surface area contributed by atoms with Crippen LogP contribution >= 0.6 is 8.53 Å². The number of nitriles is 1. The zero-order valence-electron chi connectivity index (χ0n) is 37.0. The van der Waals surface area contributed by atoms with Crippen molar-refractivity contribution in [1.82, 2.24) is 24.2 Å². The normalized spacial score (nSPS) is 19.0. The Morgan fingerprint density at radius 3 is 2.05 bits per heavy atom. The molecule has 1 amide bonds. The first-order valence-corrected chi connectivity index (χ1v) is 22.2. The standard InChI is InChI=1S/C49H51FN7O7P/c1-8-48(50)43(64-65(62-29-15-28-51)57(33(2)3)34(4)5)41(63-47(48)56-32-54-42-44(52-31-53-45(42)56)55-46(58)35-16-11-9-12-17-35)30-61-49(36-18-13-10-14-19-36,37-20-24-39(59-6)25-21-37)38-22-26-40(60-7)27-23-38/h1,9-14,16-27,31-34,41,43,47H,15,29-30H2,2-7H3,(H,52,53,55,58)/t41-,43-,47-,48-,65?/m1/s1. The minimum absolute atomic E-state index is 0.0261. The van der Waals surface area contributed by atoms with Crippen LogP contribution in [0.2, 0.25) is 0 Å². The largest absolute Gasteiger partial charge is 0.497 e. The minimum atomic E-state index is -2.71. The lowest BCUT2D eigenvalue weighted by Gasteiger charge is -2.39. The van der Waals surface area contributed by atoms with E-state index in [1.807, 2.05) is 111 Å². The third-order valence-corrected chi connectivity index (χ3v) is 13.1. The van der Waals surface area contributed by atoms with Gasteiger partial charge in [-0.25, -0.2) is 24.0 Å². The van der Waals surface area contributed by atoms with Gasteiger partial charge in [0.25, 0.3) is 14.4 Å². The van der Waals surface area contributed by atoms with Gasteiger partial charge in [-0.15, -0.1) is 6.42 Å². The fraction of sp³-hybridized carbons (Fsp3) is 0.327. The number of fused-ring (bicyclic) bond motifs is 1. The number of alkyl halides is 1. The summed E-state index contributed by atoms with van der Waals surface area (Å²) in [6, 6.07) is 35.2. The van der Waals surface area contributed by atoms with Gasteiger partial charge in [0, 0.05) is 17.6 Å². The summed E-state index contributed by atoms with van der Waals surface area (Å²) in [5, 5.41) is 12.3. The summed E-state index contributed by atoms with van der Waals surface area (Å²) in [5.41, 5.74) is -1.09. The summed E-state index contributed by atoms with van der Waals surface area (Å²) in [6.07, 6.45) is 4.61. The molecule has 0 radical (unpaired) electrons. The molecule has 4 aromatic carbocycles. The van der Waals surface area contributed by atoms with Gasteiger partial charge in [-0.2, -0.15) is 5.26 Å². The van der Waals surface area contributed by atoms with E-state index in [-0.39, 0.29) is 48.7 Å². The Balaban J connectivity index is 1.36. The van der Waals surface area contributed by atoms with Gasteiger partial charge in [-0.1, -0.05) is 78.7 Å². The molecule has 1 unspecified atom stereocenters. The first-order valence-electron chi connectivity index (χ1n) is 21.1. The van der Waals surface area contributed by atoms with Gasteiger partial charge >= 0.3 is 0 Å². The van der Waals surface area contributed by atoms with Crippen molar-refractivity contribution in [2.45, 2.75) is 75.9 Å². The highest BCUT2D eigenvalue weighted by Gasteiger charge is 2.61. The topological polar surface area (TPSA) is 155 Å². The molecule has 1 saturated heterocycles. The van der Waals surface area contributed by atoms with E-state index in [1.165, 1.54) is 17.2 Å². The maximum absolute atomic E-state index is 18.6. The lowest BCUT2D eigenvalue weighted by molar-refractivity contribution is -0.0928. The van der Waals surface area contributed by atoms with Crippen molar-refractivity contribution in [3.05, 3.63) is 144 Å². The average molecular weight is 900 g/mol. The van der Waals surface area contributed by atoms with Gasteiger partial charge in [0.15, 0.2) is 23.2 Å². The van der Waals surface area contributed by atoms with Gasteiger partial charge in [0.2, 0.25) is 5.67 Å². The minimum Gasteiger partial charge on any atom is -0.497 e. The van der Waals surface area contributed by atoms with Crippen molar-refractivity contribution in [1.29, 1.82) is 5.26 Å². The number of rotatable bonds is 19. The highest BCUT2D eigenvalue weighted by molar-refractivity contribution is 7.44. The van der Waals surface area contributed by atoms with Crippen molar-refractivity contribution in [3.8, 4) is 29.9 Å². The molecular weight excluding hydrogens is 849 g/mol. The number of ether oxygens (including phenoxy) is 4. The Morgan fingerprint density at radius 1 is 0.908 bits per heavy atom. The molecule has 65 heavy (non-hydrogen) atoms. The number of amides is 1. The molecule has 14 nitrogen and oxygen atoms in total. The SMILES string of the molecule is C#C[C@@]1(F)[C@H](OP(OCCC#N)N(C(C)C)C(C)C)[C@@H](COC(c2ccccc2)(c2ccc(OC)cc2)c2ccc(OC)cc2)O[C@H]1n1cnc2c(NC(=O)c3ccccc3)ncnc21. The molecule has 16 heteroatoms. The highest BCUT2D eigenvalue weighted by atomic mass is 31.2. The van der Waals surface area contributed by atoms with Crippen LogP contribution in [-0.4, -0.2) is 87.5 Å². The van der Waals surface area contributed by atoms with Gasteiger partial charge in [-0.3, -0.25) is 9.36 Å². The molecule has 3 heterocycles. The fourth-order valence-corrected chi connectivity index (χ4v) is 9.79. The van der Waals surface area contributed by atoms with Gasteiger partial charge in [0.05, 0.1) is 46.3 Å². The van der Waals surface area contributed by atoms with Crippen LogP contribution in [0.4, 0.5) is 10.2 Å². The molecule has 0 bridgehead atoms. The van der Waals surface area contributed by atoms with Gasteiger partial charge in [-0.05, 0) is 80.8 Å². The number of carbonyl (C=O) groups excluding carboxylic acids is 1. The van der Waals surface area contributed by atoms with E-state index in [4.69, 9.17) is 34.4 Å². The lowest BCUT2D eigenvalue weighted by Crippen LogP contribution is -2.46. The van der Waals surface area contributed by atoms with Crippen LogP contribution in [0.3, 0.4) is 0 Å². The van der Waals surface area contributed by atoms with Gasteiger partial charge in [0.1, 0.15) is 35.6 Å².